The number of rotatable bonds is 4. The maximum atomic E-state index is 12.1. The zero-order chi connectivity index (χ0) is 15.6. The first-order valence-corrected chi connectivity index (χ1v) is 7.50. The van der Waals surface area contributed by atoms with Gasteiger partial charge >= 0.3 is 5.97 Å². The van der Waals surface area contributed by atoms with E-state index in [-0.39, 0.29) is 16.1 Å². The minimum Gasteiger partial charge on any atom is -0.506 e. The highest BCUT2D eigenvalue weighted by atomic mass is 35.5. The monoisotopic (exact) mass is 327 g/mol. The van der Waals surface area contributed by atoms with Gasteiger partial charge in [0.2, 0.25) is 0 Å². The molecule has 2 rings (SSSR count). The molecule has 0 saturated carbocycles. The summed E-state index contributed by atoms with van der Waals surface area (Å²) in [7, 11) is -3.90. The maximum Gasteiger partial charge on any atom is 0.335 e. The van der Waals surface area contributed by atoms with Crippen molar-refractivity contribution in [2.45, 2.75) is 4.90 Å². The summed E-state index contributed by atoms with van der Waals surface area (Å²) < 4.78 is 26.4. The van der Waals surface area contributed by atoms with Gasteiger partial charge in [-0.2, -0.15) is 0 Å². The molecule has 0 aliphatic rings. The Balaban J connectivity index is 2.32. The number of hydrogen-bond donors (Lipinski definition) is 3. The lowest BCUT2D eigenvalue weighted by atomic mass is 10.2. The maximum absolute atomic E-state index is 12.1. The van der Waals surface area contributed by atoms with Gasteiger partial charge in [0.05, 0.1) is 16.1 Å². The molecule has 2 aromatic rings. The smallest absolute Gasteiger partial charge is 0.335 e. The number of anilines is 1. The van der Waals surface area contributed by atoms with Crippen LogP contribution < -0.4 is 4.72 Å². The zero-order valence-corrected chi connectivity index (χ0v) is 12.0. The number of phenolic OH excluding ortho intramolecular Hbond substituents is 1. The van der Waals surface area contributed by atoms with Crippen molar-refractivity contribution in [3.05, 3.63) is 53.1 Å². The SMILES string of the molecule is O=C(O)c1ccc(NS(=O)(=O)c2ccc(Cl)cc2)c(O)c1. The molecule has 6 nitrogen and oxygen atoms in total. The minimum absolute atomic E-state index is 0.0337. The lowest BCUT2D eigenvalue weighted by molar-refractivity contribution is 0.0696. The molecule has 0 unspecified atom stereocenters. The average molecular weight is 328 g/mol. The molecule has 0 aliphatic carbocycles. The summed E-state index contributed by atoms with van der Waals surface area (Å²) in [5.74, 6) is -1.70. The average Bonchev–Trinajstić information content (AvgIpc) is 2.41. The number of aromatic carboxylic acids is 1. The van der Waals surface area contributed by atoms with Crippen molar-refractivity contribution in [1.82, 2.24) is 0 Å². The molecule has 0 bridgehead atoms. The lowest BCUT2D eigenvalue weighted by Gasteiger charge is -2.10. The van der Waals surface area contributed by atoms with Gasteiger partial charge in [-0.25, -0.2) is 13.2 Å². The van der Waals surface area contributed by atoms with Gasteiger partial charge in [-0.05, 0) is 42.5 Å². The van der Waals surface area contributed by atoms with E-state index in [1.165, 1.54) is 36.4 Å². The standard InChI is InChI=1S/C13H10ClNO5S/c14-9-2-4-10(5-3-9)21(19,20)15-11-6-1-8(13(17)18)7-12(11)16/h1-7,15-16H,(H,17,18). The van der Waals surface area contributed by atoms with E-state index in [0.29, 0.717) is 5.02 Å². The molecule has 0 fully saturated rings. The summed E-state index contributed by atoms with van der Waals surface area (Å²) in [6.07, 6.45) is 0. The quantitative estimate of drug-likeness (QED) is 0.749. The largest absolute Gasteiger partial charge is 0.506 e. The van der Waals surface area contributed by atoms with Gasteiger partial charge in [0.15, 0.2) is 0 Å². The van der Waals surface area contributed by atoms with Gasteiger partial charge in [0.25, 0.3) is 10.0 Å². The van der Waals surface area contributed by atoms with Crippen LogP contribution in [0.3, 0.4) is 0 Å². The number of hydrogen-bond acceptors (Lipinski definition) is 4. The summed E-state index contributed by atoms with van der Waals surface area (Å²) in [5.41, 5.74) is -0.267. The van der Waals surface area contributed by atoms with Crippen LogP contribution >= 0.6 is 11.6 Å². The van der Waals surface area contributed by atoms with Crippen molar-refractivity contribution in [3.8, 4) is 5.75 Å². The normalized spacial score (nSPS) is 11.1. The molecule has 0 saturated heterocycles. The third-order valence-corrected chi connectivity index (χ3v) is 4.25. The van der Waals surface area contributed by atoms with Gasteiger partial charge in [-0.15, -0.1) is 0 Å². The molecule has 0 aromatic heterocycles. The van der Waals surface area contributed by atoms with Crippen LogP contribution in [0.25, 0.3) is 0 Å². The van der Waals surface area contributed by atoms with E-state index in [2.05, 4.69) is 4.72 Å². The molecular weight excluding hydrogens is 318 g/mol. The van der Waals surface area contributed by atoms with E-state index in [1.807, 2.05) is 0 Å². The van der Waals surface area contributed by atoms with Gasteiger partial charge < -0.3 is 10.2 Å². The van der Waals surface area contributed by atoms with Crippen LogP contribution in [-0.2, 0) is 10.0 Å². The third kappa shape index (κ3) is 3.45. The summed E-state index contributed by atoms with van der Waals surface area (Å²) in [5, 5.41) is 18.8. The molecular formula is C13H10ClNO5S. The Labute approximate surface area is 125 Å². The predicted molar refractivity (Wildman–Crippen MR) is 77.3 cm³/mol. The van der Waals surface area contributed by atoms with Crippen molar-refractivity contribution in [1.29, 1.82) is 0 Å². The molecule has 0 heterocycles. The second kappa shape index (κ2) is 5.63. The van der Waals surface area contributed by atoms with E-state index in [4.69, 9.17) is 16.7 Å². The Bertz CT molecular complexity index is 787. The number of carboxylic acid groups (broad SMARTS) is 1. The molecule has 0 radical (unpaired) electrons. The number of aromatic hydroxyl groups is 1. The van der Waals surface area contributed by atoms with Gasteiger partial charge in [0, 0.05) is 5.02 Å². The highest BCUT2D eigenvalue weighted by molar-refractivity contribution is 7.92. The molecule has 110 valence electrons. The van der Waals surface area contributed by atoms with E-state index >= 15 is 0 Å². The molecule has 0 atom stereocenters. The second-order valence-corrected chi connectivity index (χ2v) is 6.22. The first kappa shape index (κ1) is 15.1. The van der Waals surface area contributed by atoms with Crippen LogP contribution in [0.4, 0.5) is 5.69 Å². The molecule has 3 N–H and O–H groups in total. The van der Waals surface area contributed by atoms with Crippen molar-refractivity contribution < 1.29 is 23.4 Å². The Kier molecular flexibility index (Phi) is 4.06. The Morgan fingerprint density at radius 1 is 1.10 bits per heavy atom. The number of nitrogens with one attached hydrogen (secondary N) is 1. The van der Waals surface area contributed by atoms with Crippen molar-refractivity contribution in [2.24, 2.45) is 0 Å². The van der Waals surface area contributed by atoms with Crippen LogP contribution in [0.5, 0.6) is 5.75 Å². The summed E-state index contributed by atoms with van der Waals surface area (Å²) in [6.45, 7) is 0. The molecule has 21 heavy (non-hydrogen) atoms. The first-order chi connectivity index (χ1) is 9.79. The van der Waals surface area contributed by atoms with Crippen LogP contribution in [-0.4, -0.2) is 24.6 Å². The van der Waals surface area contributed by atoms with Crippen LogP contribution in [0.2, 0.25) is 5.02 Å². The fourth-order valence-electron chi connectivity index (χ4n) is 1.57. The van der Waals surface area contributed by atoms with Crippen molar-refractivity contribution in [3.63, 3.8) is 0 Å². The highest BCUT2D eigenvalue weighted by Crippen LogP contribution is 2.27. The number of sulfonamides is 1. The van der Waals surface area contributed by atoms with Gasteiger partial charge in [-0.1, -0.05) is 11.6 Å². The Morgan fingerprint density at radius 3 is 2.24 bits per heavy atom. The van der Waals surface area contributed by atoms with E-state index < -0.39 is 21.7 Å². The zero-order valence-electron chi connectivity index (χ0n) is 10.4. The van der Waals surface area contributed by atoms with E-state index in [1.54, 1.807) is 0 Å². The number of halogens is 1. The van der Waals surface area contributed by atoms with E-state index in [0.717, 1.165) is 6.07 Å². The van der Waals surface area contributed by atoms with Crippen LogP contribution in [0.1, 0.15) is 10.4 Å². The minimum atomic E-state index is -3.90. The second-order valence-electron chi connectivity index (χ2n) is 4.10. The van der Waals surface area contributed by atoms with E-state index in [9.17, 15) is 18.3 Å². The number of benzene rings is 2. The number of carbonyl (C=O) groups is 1. The van der Waals surface area contributed by atoms with Crippen molar-refractivity contribution in [2.75, 3.05) is 4.72 Å². The fraction of sp³-hybridized carbons (Fsp3) is 0. The molecule has 0 aliphatic heterocycles. The topological polar surface area (TPSA) is 104 Å². The van der Waals surface area contributed by atoms with Crippen molar-refractivity contribution >= 4 is 33.3 Å². The lowest BCUT2D eigenvalue weighted by Crippen LogP contribution is -2.13. The summed E-state index contributed by atoms with van der Waals surface area (Å²) in [6, 6.07) is 8.78. The van der Waals surface area contributed by atoms with Gasteiger partial charge in [0.1, 0.15) is 5.75 Å². The number of carboxylic acids is 1. The van der Waals surface area contributed by atoms with Gasteiger partial charge in [-0.3, -0.25) is 4.72 Å². The summed E-state index contributed by atoms with van der Waals surface area (Å²) in [4.78, 5) is 10.7. The van der Waals surface area contributed by atoms with Crippen LogP contribution in [0.15, 0.2) is 47.4 Å². The van der Waals surface area contributed by atoms with Crippen LogP contribution in [0, 0.1) is 0 Å². The molecule has 0 amide bonds. The molecule has 8 heteroatoms. The Morgan fingerprint density at radius 2 is 1.71 bits per heavy atom. The Hall–Kier alpha value is -2.25. The predicted octanol–water partition coefficient (Wildman–Crippen LogP) is 2.54. The summed E-state index contributed by atoms with van der Waals surface area (Å²) >= 11 is 5.68. The number of phenols is 1. The highest BCUT2D eigenvalue weighted by Gasteiger charge is 2.17. The third-order valence-electron chi connectivity index (χ3n) is 2.61. The molecule has 0 spiro atoms. The fourth-order valence-corrected chi connectivity index (χ4v) is 2.77. The first-order valence-electron chi connectivity index (χ1n) is 5.64. The molecule has 2 aromatic carbocycles.